The summed E-state index contributed by atoms with van der Waals surface area (Å²) in [6.07, 6.45) is 0. The molecule has 144 valence electrons. The van der Waals surface area contributed by atoms with E-state index >= 15 is 0 Å². The zero-order chi connectivity index (χ0) is 20.4. The van der Waals surface area contributed by atoms with E-state index in [1.165, 1.54) is 18.2 Å². The van der Waals surface area contributed by atoms with Gasteiger partial charge in [0, 0.05) is 16.8 Å². The smallest absolute Gasteiger partial charge is 0.257 e. The number of halogens is 1. The topological polar surface area (TPSA) is 54.0 Å². The fourth-order valence-corrected chi connectivity index (χ4v) is 4.06. The Morgan fingerprint density at radius 3 is 2.66 bits per heavy atom. The van der Waals surface area contributed by atoms with Gasteiger partial charge in [0.25, 0.3) is 5.91 Å². The van der Waals surface area contributed by atoms with Crippen LogP contribution >= 0.6 is 23.6 Å². The summed E-state index contributed by atoms with van der Waals surface area (Å²) in [5.41, 5.74) is 3.94. The first kappa shape index (κ1) is 19.2. The second-order valence-electron chi connectivity index (χ2n) is 6.44. The molecule has 0 saturated heterocycles. The number of nitrogens with zero attached hydrogens (tertiary/aromatic N) is 1. The molecule has 4 rings (SSSR count). The molecule has 2 N–H and O–H groups in total. The standard InChI is InChI=1S/C22H16FN3OS2/c1-13-11-15(21-24-18-7-2-3-8-19(18)29-21)9-10-17(13)25-22(28)26-20(27)14-5-4-6-16(23)12-14/h2-12H,1H3,(H2,25,26,27,28). The molecular formula is C22H16FN3OS2. The van der Waals surface area contributed by atoms with Crippen molar-refractivity contribution in [3.05, 3.63) is 83.7 Å². The first-order valence-corrected chi connectivity index (χ1v) is 10.1. The van der Waals surface area contributed by atoms with Gasteiger partial charge in [0.1, 0.15) is 10.8 Å². The Bertz CT molecular complexity index is 1200. The highest BCUT2D eigenvalue weighted by Crippen LogP contribution is 2.31. The predicted octanol–water partition coefficient (Wildman–Crippen LogP) is 5.54. The van der Waals surface area contributed by atoms with Gasteiger partial charge in [-0.05, 0) is 73.2 Å². The number of carbonyl (C=O) groups excluding carboxylic acids is 1. The number of rotatable bonds is 3. The van der Waals surface area contributed by atoms with Crippen molar-refractivity contribution in [2.75, 3.05) is 5.32 Å². The van der Waals surface area contributed by atoms with E-state index in [4.69, 9.17) is 12.2 Å². The Morgan fingerprint density at radius 1 is 1.07 bits per heavy atom. The maximum Gasteiger partial charge on any atom is 0.257 e. The van der Waals surface area contributed by atoms with Gasteiger partial charge in [0.05, 0.1) is 10.2 Å². The highest BCUT2D eigenvalue weighted by Gasteiger charge is 2.11. The molecule has 4 nitrogen and oxygen atoms in total. The summed E-state index contributed by atoms with van der Waals surface area (Å²) in [5.74, 6) is -0.941. The van der Waals surface area contributed by atoms with Gasteiger partial charge in [-0.2, -0.15) is 0 Å². The van der Waals surface area contributed by atoms with E-state index in [1.807, 2.05) is 43.3 Å². The lowest BCUT2D eigenvalue weighted by Gasteiger charge is -2.12. The Hall–Kier alpha value is -3.16. The van der Waals surface area contributed by atoms with E-state index in [2.05, 4.69) is 21.7 Å². The number of thiocarbonyl (C=S) groups is 1. The van der Waals surface area contributed by atoms with Crippen LogP contribution in [0.15, 0.2) is 66.7 Å². The van der Waals surface area contributed by atoms with Crippen molar-refractivity contribution >= 4 is 50.5 Å². The summed E-state index contributed by atoms with van der Waals surface area (Å²) in [6.45, 7) is 1.95. The summed E-state index contributed by atoms with van der Waals surface area (Å²) >= 11 is 6.87. The fourth-order valence-electron chi connectivity index (χ4n) is 2.89. The van der Waals surface area contributed by atoms with Gasteiger partial charge in [-0.1, -0.05) is 18.2 Å². The van der Waals surface area contributed by atoms with Gasteiger partial charge in [-0.15, -0.1) is 11.3 Å². The van der Waals surface area contributed by atoms with E-state index in [0.29, 0.717) is 0 Å². The molecule has 0 saturated carbocycles. The van der Waals surface area contributed by atoms with Crippen LogP contribution in [0.1, 0.15) is 15.9 Å². The number of para-hydroxylation sites is 1. The lowest BCUT2D eigenvalue weighted by molar-refractivity contribution is 0.0977. The molecular weight excluding hydrogens is 405 g/mol. The lowest BCUT2D eigenvalue weighted by atomic mass is 10.1. The van der Waals surface area contributed by atoms with Crippen molar-refractivity contribution in [2.24, 2.45) is 0 Å². The molecule has 0 radical (unpaired) electrons. The second kappa shape index (κ2) is 8.06. The average Bonchev–Trinajstić information content (AvgIpc) is 3.13. The van der Waals surface area contributed by atoms with Crippen LogP contribution in [0.5, 0.6) is 0 Å². The first-order valence-electron chi connectivity index (χ1n) is 8.84. The lowest BCUT2D eigenvalue weighted by Crippen LogP contribution is -2.34. The van der Waals surface area contributed by atoms with Gasteiger partial charge in [-0.25, -0.2) is 9.37 Å². The number of anilines is 1. The molecule has 0 aliphatic rings. The van der Waals surface area contributed by atoms with Crippen LogP contribution < -0.4 is 10.6 Å². The van der Waals surface area contributed by atoms with Crippen molar-refractivity contribution in [2.45, 2.75) is 6.92 Å². The van der Waals surface area contributed by atoms with E-state index in [9.17, 15) is 9.18 Å². The van der Waals surface area contributed by atoms with Gasteiger partial charge in [0.15, 0.2) is 5.11 Å². The summed E-state index contributed by atoms with van der Waals surface area (Å²) < 4.78 is 14.4. The number of fused-ring (bicyclic) bond motifs is 1. The third-order valence-electron chi connectivity index (χ3n) is 4.33. The van der Waals surface area contributed by atoms with E-state index in [-0.39, 0.29) is 10.7 Å². The molecule has 0 unspecified atom stereocenters. The van der Waals surface area contributed by atoms with Crippen molar-refractivity contribution in [1.82, 2.24) is 10.3 Å². The maximum atomic E-state index is 13.3. The van der Waals surface area contributed by atoms with Crippen LogP contribution in [0.25, 0.3) is 20.8 Å². The molecule has 1 heterocycles. The fraction of sp³-hybridized carbons (Fsp3) is 0.0455. The van der Waals surface area contributed by atoms with E-state index in [1.54, 1.807) is 11.3 Å². The second-order valence-corrected chi connectivity index (χ2v) is 7.87. The third-order valence-corrected chi connectivity index (χ3v) is 5.62. The third kappa shape index (κ3) is 4.31. The molecule has 4 aromatic rings. The number of aryl methyl sites for hydroxylation is 1. The molecule has 0 aliphatic heterocycles. The predicted molar refractivity (Wildman–Crippen MR) is 120 cm³/mol. The Labute approximate surface area is 176 Å². The molecule has 29 heavy (non-hydrogen) atoms. The van der Waals surface area contributed by atoms with Crippen LogP contribution in [-0.2, 0) is 0 Å². The van der Waals surface area contributed by atoms with E-state index in [0.717, 1.165) is 38.1 Å². The summed E-state index contributed by atoms with van der Waals surface area (Å²) in [4.78, 5) is 16.9. The molecule has 1 aromatic heterocycles. The van der Waals surface area contributed by atoms with Gasteiger partial charge >= 0.3 is 0 Å². The first-order chi connectivity index (χ1) is 14.0. The molecule has 7 heteroatoms. The molecule has 0 fully saturated rings. The molecule has 0 bridgehead atoms. The Balaban J connectivity index is 1.48. The number of hydrogen-bond acceptors (Lipinski definition) is 4. The van der Waals surface area contributed by atoms with Gasteiger partial charge in [-0.3, -0.25) is 10.1 Å². The van der Waals surface area contributed by atoms with Gasteiger partial charge in [0.2, 0.25) is 0 Å². The number of nitrogens with one attached hydrogen (secondary N) is 2. The number of carbonyl (C=O) groups is 1. The van der Waals surface area contributed by atoms with E-state index < -0.39 is 11.7 Å². The van der Waals surface area contributed by atoms with Crippen molar-refractivity contribution in [1.29, 1.82) is 0 Å². The van der Waals surface area contributed by atoms with Crippen molar-refractivity contribution in [3.8, 4) is 10.6 Å². The molecule has 0 atom stereocenters. The largest absolute Gasteiger partial charge is 0.332 e. The number of benzene rings is 3. The quantitative estimate of drug-likeness (QED) is 0.427. The van der Waals surface area contributed by atoms with Crippen LogP contribution in [0.2, 0.25) is 0 Å². The molecule has 1 amide bonds. The maximum absolute atomic E-state index is 13.3. The Morgan fingerprint density at radius 2 is 1.90 bits per heavy atom. The highest BCUT2D eigenvalue weighted by atomic mass is 32.1. The van der Waals surface area contributed by atoms with Crippen LogP contribution in [0.4, 0.5) is 10.1 Å². The van der Waals surface area contributed by atoms with Crippen LogP contribution in [0.3, 0.4) is 0 Å². The summed E-state index contributed by atoms with van der Waals surface area (Å²) in [5, 5.41) is 6.68. The number of aromatic nitrogens is 1. The highest BCUT2D eigenvalue weighted by molar-refractivity contribution is 7.80. The number of thiazole rings is 1. The minimum absolute atomic E-state index is 0.148. The number of amides is 1. The normalized spacial score (nSPS) is 10.7. The summed E-state index contributed by atoms with van der Waals surface area (Å²) in [7, 11) is 0. The zero-order valence-electron chi connectivity index (χ0n) is 15.4. The molecule has 0 spiro atoms. The monoisotopic (exact) mass is 421 g/mol. The van der Waals surface area contributed by atoms with Crippen molar-refractivity contribution in [3.63, 3.8) is 0 Å². The average molecular weight is 422 g/mol. The zero-order valence-corrected chi connectivity index (χ0v) is 17.0. The van der Waals surface area contributed by atoms with Gasteiger partial charge < -0.3 is 5.32 Å². The molecule has 0 aliphatic carbocycles. The Kier molecular flexibility index (Phi) is 5.33. The van der Waals surface area contributed by atoms with Crippen molar-refractivity contribution < 1.29 is 9.18 Å². The summed E-state index contributed by atoms with van der Waals surface area (Å²) in [6, 6.07) is 19.4. The van der Waals surface area contributed by atoms with Crippen LogP contribution in [0, 0.1) is 12.7 Å². The molecule has 3 aromatic carbocycles. The minimum atomic E-state index is -0.474. The minimum Gasteiger partial charge on any atom is -0.332 e. The van der Waals surface area contributed by atoms with Crippen LogP contribution in [-0.4, -0.2) is 16.0 Å². The number of hydrogen-bond donors (Lipinski definition) is 2. The SMILES string of the molecule is Cc1cc(-c2nc3ccccc3s2)ccc1NC(=S)NC(=O)c1cccc(F)c1.